The number of piperidine rings is 1. The van der Waals surface area contributed by atoms with E-state index < -0.39 is 42.0 Å². The van der Waals surface area contributed by atoms with Crippen molar-refractivity contribution in [3.8, 4) is 0 Å². The monoisotopic (exact) mass is 904 g/mol. The molecule has 3 heterocycles. The highest BCUT2D eigenvalue weighted by atomic mass is 35.5. The fraction of sp³-hybridized carbons (Fsp3) is 0.442. The molecule has 0 unspecified atom stereocenters. The summed E-state index contributed by atoms with van der Waals surface area (Å²) >= 11 is 7.69. The van der Waals surface area contributed by atoms with Crippen molar-refractivity contribution in [1.29, 1.82) is 0 Å². The van der Waals surface area contributed by atoms with Gasteiger partial charge in [0.1, 0.15) is 12.1 Å². The molecule has 4 N–H and O–H groups in total. The van der Waals surface area contributed by atoms with Gasteiger partial charge in [0, 0.05) is 53.0 Å². The van der Waals surface area contributed by atoms with Gasteiger partial charge in [0.25, 0.3) is 10.0 Å². The zero-order valence-corrected chi connectivity index (χ0v) is 37.1. The van der Waals surface area contributed by atoms with E-state index in [0.29, 0.717) is 48.6 Å². The third-order valence-corrected chi connectivity index (χ3v) is 16.1. The van der Waals surface area contributed by atoms with Crippen LogP contribution < -0.4 is 10.0 Å². The zero-order valence-electron chi connectivity index (χ0n) is 33.9. The lowest BCUT2D eigenvalue weighted by Crippen LogP contribution is -2.47. The van der Waals surface area contributed by atoms with Crippen LogP contribution in [0.3, 0.4) is 0 Å². The SMILES string of the molecule is C[C@H](CSc1ccccc1)Nc1ccc(S(=O)(=O)Nc2ncnc3c2CCN(C2CCN(CC4=C(c5ccc(Cl)cc5)CC(C)(C)CC4)CC2)C3)cc1S(O)(O)C(F)(F)F. The van der Waals surface area contributed by atoms with E-state index in [-0.39, 0.29) is 16.9 Å². The van der Waals surface area contributed by atoms with E-state index >= 15 is 0 Å². The van der Waals surface area contributed by atoms with Crippen LogP contribution in [0.4, 0.5) is 24.7 Å². The summed E-state index contributed by atoms with van der Waals surface area (Å²) in [6.45, 7) is 10.5. The van der Waals surface area contributed by atoms with Crippen molar-refractivity contribution >= 4 is 61.1 Å². The van der Waals surface area contributed by atoms with Gasteiger partial charge in [-0.1, -0.05) is 71.9 Å². The van der Waals surface area contributed by atoms with Crippen molar-refractivity contribution in [2.75, 3.05) is 42.0 Å². The molecule has 0 bridgehead atoms. The largest absolute Gasteiger partial charge is 0.500 e. The molecule has 3 aromatic carbocycles. The molecule has 0 spiro atoms. The van der Waals surface area contributed by atoms with Gasteiger partial charge < -0.3 is 5.32 Å². The Balaban J connectivity index is 1.01. The summed E-state index contributed by atoms with van der Waals surface area (Å²) in [6.07, 6.45) is 7.02. The molecule has 1 aromatic heterocycles. The molecule has 1 saturated heterocycles. The van der Waals surface area contributed by atoms with E-state index in [1.807, 2.05) is 42.5 Å². The Morgan fingerprint density at radius 1 is 0.983 bits per heavy atom. The molecule has 0 amide bonds. The van der Waals surface area contributed by atoms with Crippen LogP contribution in [-0.4, -0.2) is 86.8 Å². The lowest BCUT2D eigenvalue weighted by molar-refractivity contribution is -0.0526. The third-order valence-electron chi connectivity index (χ3n) is 11.7. The van der Waals surface area contributed by atoms with Gasteiger partial charge in [0.2, 0.25) is 0 Å². The van der Waals surface area contributed by atoms with Crippen LogP contribution in [0.5, 0.6) is 0 Å². The topological polar surface area (TPSA) is 131 Å². The standard InChI is InChI=1S/C43H52ClF3N6O4S3/c1-29(27-58-34-7-5-4-6-8-34)50-38-14-13-35(23-40(38)59(54,55)43(45,46)47)60(56,57)51-41-36-18-22-53(26-39(36)48-28-49-41)33-16-20-52(21-17-33)25-31-15-19-42(2,3)24-37(31)30-9-11-32(44)12-10-30/h4-14,23,28-29,33,50,54-55H,15-22,24-27H2,1-3H3,(H,48,49,51)/t29-/m1/s1. The smallest absolute Gasteiger partial charge is 0.380 e. The Labute approximate surface area is 361 Å². The minimum Gasteiger partial charge on any atom is -0.380 e. The van der Waals surface area contributed by atoms with E-state index in [0.717, 1.165) is 73.8 Å². The van der Waals surface area contributed by atoms with Crippen LogP contribution >= 0.6 is 34.0 Å². The molecular formula is C43H52ClF3N6O4S3. The number of allylic oxidation sites excluding steroid dienone is 1. The van der Waals surface area contributed by atoms with E-state index in [9.17, 15) is 30.7 Å². The lowest BCUT2D eigenvalue weighted by Gasteiger charge is -2.41. The van der Waals surface area contributed by atoms with Crippen LogP contribution in [0.2, 0.25) is 5.02 Å². The van der Waals surface area contributed by atoms with Gasteiger partial charge >= 0.3 is 5.51 Å². The average Bonchev–Trinajstić information content (AvgIpc) is 3.21. The highest BCUT2D eigenvalue weighted by Gasteiger charge is 2.48. The second-order valence-electron chi connectivity index (χ2n) is 16.7. The fourth-order valence-electron chi connectivity index (χ4n) is 8.33. The minimum atomic E-state index is -5.44. The number of anilines is 2. The molecule has 17 heteroatoms. The summed E-state index contributed by atoms with van der Waals surface area (Å²) in [5.41, 5.74) is 0.0907. The first-order valence-electron chi connectivity index (χ1n) is 20.1. The van der Waals surface area contributed by atoms with Crippen molar-refractivity contribution < 1.29 is 30.7 Å². The molecule has 60 heavy (non-hydrogen) atoms. The first-order valence-corrected chi connectivity index (χ1v) is 24.5. The predicted molar refractivity (Wildman–Crippen MR) is 236 cm³/mol. The van der Waals surface area contributed by atoms with Gasteiger partial charge in [0.15, 0.2) is 0 Å². The molecule has 10 nitrogen and oxygen atoms in total. The highest BCUT2D eigenvalue weighted by molar-refractivity contribution is 8.25. The van der Waals surface area contributed by atoms with E-state index in [1.54, 1.807) is 6.92 Å². The number of alkyl halides is 3. The van der Waals surface area contributed by atoms with Crippen molar-refractivity contribution in [2.24, 2.45) is 5.41 Å². The second-order valence-corrected chi connectivity index (χ2v) is 21.9. The van der Waals surface area contributed by atoms with Crippen molar-refractivity contribution in [3.05, 3.63) is 107 Å². The highest BCUT2D eigenvalue weighted by Crippen LogP contribution is 2.64. The number of halogens is 4. The molecule has 3 aliphatic rings. The molecule has 2 aliphatic heterocycles. The van der Waals surface area contributed by atoms with Crippen molar-refractivity contribution in [1.82, 2.24) is 19.8 Å². The zero-order chi connectivity index (χ0) is 42.9. The minimum absolute atomic E-state index is 0.0487. The van der Waals surface area contributed by atoms with Gasteiger partial charge in [-0.15, -0.1) is 11.8 Å². The van der Waals surface area contributed by atoms with Crippen LogP contribution in [-0.2, 0) is 23.0 Å². The summed E-state index contributed by atoms with van der Waals surface area (Å²) < 4.78 is 93.2. The van der Waals surface area contributed by atoms with Crippen molar-refractivity contribution in [2.45, 2.75) is 98.1 Å². The fourth-order valence-corrected chi connectivity index (χ4v) is 11.4. The maximum atomic E-state index is 14.1. The van der Waals surface area contributed by atoms with Crippen LogP contribution in [0.25, 0.3) is 5.57 Å². The first kappa shape index (κ1) is 44.7. The molecule has 1 atom stereocenters. The number of likely N-dealkylation sites (tertiary alicyclic amines) is 1. The number of fused-ring (bicyclic) bond motifs is 1. The van der Waals surface area contributed by atoms with Crippen LogP contribution in [0, 0.1) is 5.41 Å². The van der Waals surface area contributed by atoms with Gasteiger partial charge in [0.05, 0.1) is 21.2 Å². The number of rotatable bonds is 13. The summed E-state index contributed by atoms with van der Waals surface area (Å²) in [5, 5.41) is 3.66. The number of thioether (sulfide) groups is 1. The average molecular weight is 906 g/mol. The van der Waals surface area contributed by atoms with Gasteiger partial charge in [-0.05, 0) is 118 Å². The normalized spacial score (nSPS) is 19.1. The number of hydrogen-bond donors (Lipinski definition) is 4. The molecule has 0 saturated carbocycles. The van der Waals surface area contributed by atoms with E-state index in [2.05, 4.69) is 55.8 Å². The summed E-state index contributed by atoms with van der Waals surface area (Å²) in [5.74, 6) is 0.489. The molecule has 4 aromatic rings. The Morgan fingerprint density at radius 2 is 1.70 bits per heavy atom. The van der Waals surface area contributed by atoms with Gasteiger partial charge in [-0.3, -0.25) is 23.6 Å². The quantitative estimate of drug-likeness (QED) is 0.0962. The Bertz CT molecular complexity index is 2290. The van der Waals surface area contributed by atoms with E-state index in [1.165, 1.54) is 34.8 Å². The first-order chi connectivity index (χ1) is 28.4. The van der Waals surface area contributed by atoms with Gasteiger partial charge in [-0.2, -0.15) is 13.2 Å². The van der Waals surface area contributed by atoms with Crippen LogP contribution in [0.15, 0.2) is 99.4 Å². The number of hydrogen-bond acceptors (Lipinski definition) is 10. The van der Waals surface area contributed by atoms with Gasteiger partial charge in [-0.25, -0.2) is 18.4 Å². The molecular weight excluding hydrogens is 853 g/mol. The number of nitrogens with zero attached hydrogens (tertiary/aromatic N) is 4. The van der Waals surface area contributed by atoms with Crippen LogP contribution in [0.1, 0.15) is 69.7 Å². The maximum Gasteiger partial charge on any atom is 0.500 e. The molecule has 1 fully saturated rings. The number of sulfonamides is 1. The van der Waals surface area contributed by atoms with Crippen molar-refractivity contribution in [3.63, 3.8) is 0 Å². The summed E-state index contributed by atoms with van der Waals surface area (Å²) in [6, 6.07) is 20.5. The molecule has 324 valence electrons. The maximum absolute atomic E-state index is 14.1. The summed E-state index contributed by atoms with van der Waals surface area (Å²) in [4.78, 5) is 13.1. The lowest BCUT2D eigenvalue weighted by atomic mass is 9.72. The molecule has 7 rings (SSSR count). The number of aromatic nitrogens is 2. The third kappa shape index (κ3) is 10.5. The number of benzene rings is 3. The Morgan fingerprint density at radius 3 is 2.40 bits per heavy atom. The Hall–Kier alpha value is -3.35. The summed E-state index contributed by atoms with van der Waals surface area (Å²) in [7, 11) is -9.97. The molecule has 1 aliphatic carbocycles. The Kier molecular flexibility index (Phi) is 13.5. The predicted octanol–water partition coefficient (Wildman–Crippen LogP) is 10.6. The second kappa shape index (κ2) is 18.2. The number of nitrogens with one attached hydrogen (secondary N) is 2. The van der Waals surface area contributed by atoms with E-state index in [4.69, 9.17) is 11.6 Å². The molecule has 0 radical (unpaired) electrons.